The Morgan fingerprint density at radius 3 is 2.62 bits per heavy atom. The van der Waals surface area contributed by atoms with Crippen LogP contribution in [0.25, 0.3) is 0 Å². The molecule has 32 heavy (non-hydrogen) atoms. The van der Waals surface area contributed by atoms with E-state index >= 15 is 0 Å². The van der Waals surface area contributed by atoms with Crippen LogP contribution in [0.2, 0.25) is 0 Å². The number of hydrogen-bond acceptors (Lipinski definition) is 5. The molecule has 0 radical (unpaired) electrons. The quantitative estimate of drug-likeness (QED) is 0.657. The van der Waals surface area contributed by atoms with Gasteiger partial charge in [0, 0.05) is 18.7 Å². The predicted octanol–water partition coefficient (Wildman–Crippen LogP) is 3.63. The number of amides is 1. The second-order valence-corrected chi connectivity index (χ2v) is 9.58. The normalized spacial score (nSPS) is 17.1. The molecule has 0 saturated carbocycles. The van der Waals surface area contributed by atoms with Crippen molar-refractivity contribution in [1.82, 2.24) is 4.31 Å². The second-order valence-electron chi connectivity index (χ2n) is 7.69. The Balaban J connectivity index is 1.71. The molecule has 1 aliphatic rings. The molecule has 7 nitrogen and oxygen atoms in total. The van der Waals surface area contributed by atoms with Gasteiger partial charge in [-0.15, -0.1) is 0 Å². The third-order valence-corrected chi connectivity index (χ3v) is 7.32. The lowest BCUT2D eigenvalue weighted by Gasteiger charge is -2.32. The molecule has 1 aliphatic heterocycles. The third-order valence-electron chi connectivity index (χ3n) is 5.31. The van der Waals surface area contributed by atoms with Crippen LogP contribution in [-0.2, 0) is 19.6 Å². The van der Waals surface area contributed by atoms with E-state index in [1.165, 1.54) is 22.5 Å². The van der Waals surface area contributed by atoms with Crippen LogP contribution in [0.5, 0.6) is 0 Å². The molecule has 1 saturated heterocycles. The van der Waals surface area contributed by atoms with Gasteiger partial charge in [-0.3, -0.25) is 4.79 Å². The van der Waals surface area contributed by atoms with Crippen LogP contribution >= 0.6 is 0 Å². The van der Waals surface area contributed by atoms with Crippen molar-refractivity contribution < 1.29 is 31.5 Å². The average Bonchev–Trinajstić information content (AvgIpc) is 2.75. The van der Waals surface area contributed by atoms with E-state index in [9.17, 15) is 26.8 Å². The highest BCUT2D eigenvalue weighted by Crippen LogP contribution is 2.26. The van der Waals surface area contributed by atoms with Crippen LogP contribution in [-0.4, -0.2) is 43.8 Å². The summed E-state index contributed by atoms with van der Waals surface area (Å²) >= 11 is 0. The van der Waals surface area contributed by atoms with Gasteiger partial charge >= 0.3 is 5.97 Å². The Morgan fingerprint density at radius 1 is 1.16 bits per heavy atom. The van der Waals surface area contributed by atoms with Crippen molar-refractivity contribution in [2.45, 2.75) is 44.0 Å². The number of benzene rings is 2. The fourth-order valence-electron chi connectivity index (χ4n) is 3.53. The highest BCUT2D eigenvalue weighted by molar-refractivity contribution is 7.89. The lowest BCUT2D eigenvalue weighted by Crippen LogP contribution is -2.41. The number of anilines is 1. The Bertz CT molecular complexity index is 1140. The van der Waals surface area contributed by atoms with Crippen LogP contribution in [0.15, 0.2) is 41.3 Å². The number of carbonyl (C=O) groups is 2. The topological polar surface area (TPSA) is 92.8 Å². The van der Waals surface area contributed by atoms with Crippen molar-refractivity contribution in [1.29, 1.82) is 0 Å². The SMILES string of the molecule is Cc1ccc(S(=O)(=O)N2CCCCC2C)cc1C(=O)OCC(=O)Nc1cc(F)ccc1F. The molecule has 0 aromatic heterocycles. The number of nitrogens with one attached hydrogen (secondary N) is 1. The summed E-state index contributed by atoms with van der Waals surface area (Å²) in [4.78, 5) is 24.5. The molecule has 2 aromatic carbocycles. The molecule has 0 bridgehead atoms. The van der Waals surface area contributed by atoms with Crippen molar-refractivity contribution in [2.75, 3.05) is 18.5 Å². The minimum Gasteiger partial charge on any atom is -0.452 e. The second kappa shape index (κ2) is 9.74. The first-order chi connectivity index (χ1) is 15.1. The first-order valence-electron chi connectivity index (χ1n) is 10.1. The number of sulfonamides is 1. The van der Waals surface area contributed by atoms with Gasteiger partial charge in [-0.05, 0) is 56.5 Å². The Hall–Kier alpha value is -2.85. The molecule has 0 spiro atoms. The summed E-state index contributed by atoms with van der Waals surface area (Å²) in [6.45, 7) is 3.11. The smallest absolute Gasteiger partial charge is 0.338 e. The number of halogens is 2. The number of piperidine rings is 1. The van der Waals surface area contributed by atoms with E-state index in [1.807, 2.05) is 6.92 Å². The van der Waals surface area contributed by atoms with E-state index in [0.29, 0.717) is 12.1 Å². The molecule has 10 heteroatoms. The zero-order chi connectivity index (χ0) is 23.5. The van der Waals surface area contributed by atoms with E-state index in [-0.39, 0.29) is 22.2 Å². The first-order valence-corrected chi connectivity index (χ1v) is 11.6. The number of aryl methyl sites for hydroxylation is 1. The largest absolute Gasteiger partial charge is 0.452 e. The summed E-state index contributed by atoms with van der Waals surface area (Å²) in [5.41, 5.74) is 0.0867. The van der Waals surface area contributed by atoms with Crippen LogP contribution in [0.1, 0.15) is 42.1 Å². The van der Waals surface area contributed by atoms with Crippen LogP contribution < -0.4 is 5.32 Å². The molecule has 1 heterocycles. The monoisotopic (exact) mass is 466 g/mol. The fraction of sp³-hybridized carbons (Fsp3) is 0.364. The highest BCUT2D eigenvalue weighted by atomic mass is 32.2. The number of carbonyl (C=O) groups excluding carboxylic acids is 2. The summed E-state index contributed by atoms with van der Waals surface area (Å²) < 4.78 is 59.4. The molecular formula is C22H24F2N2O5S. The summed E-state index contributed by atoms with van der Waals surface area (Å²) in [6, 6.07) is 6.59. The fourth-order valence-corrected chi connectivity index (χ4v) is 5.26. The van der Waals surface area contributed by atoms with Gasteiger partial charge in [-0.2, -0.15) is 4.31 Å². The van der Waals surface area contributed by atoms with Gasteiger partial charge in [0.2, 0.25) is 10.0 Å². The van der Waals surface area contributed by atoms with Crippen LogP contribution in [0.3, 0.4) is 0 Å². The minimum atomic E-state index is -3.80. The van der Waals surface area contributed by atoms with Gasteiger partial charge < -0.3 is 10.1 Å². The highest BCUT2D eigenvalue weighted by Gasteiger charge is 2.31. The Kier molecular flexibility index (Phi) is 7.25. The number of hydrogen-bond donors (Lipinski definition) is 1. The van der Waals surface area contributed by atoms with E-state index in [1.54, 1.807) is 6.92 Å². The zero-order valence-electron chi connectivity index (χ0n) is 17.7. The Morgan fingerprint density at radius 2 is 1.91 bits per heavy atom. The summed E-state index contributed by atoms with van der Waals surface area (Å²) in [5.74, 6) is -3.35. The number of nitrogens with zero attached hydrogens (tertiary/aromatic N) is 1. The lowest BCUT2D eigenvalue weighted by molar-refractivity contribution is -0.119. The average molecular weight is 467 g/mol. The van der Waals surface area contributed by atoms with Crippen molar-refractivity contribution in [3.05, 3.63) is 59.2 Å². The van der Waals surface area contributed by atoms with Gasteiger partial charge in [0.15, 0.2) is 6.61 Å². The molecule has 1 amide bonds. The van der Waals surface area contributed by atoms with Crippen molar-refractivity contribution in [3.63, 3.8) is 0 Å². The maximum Gasteiger partial charge on any atom is 0.338 e. The van der Waals surface area contributed by atoms with Gasteiger partial charge in [-0.1, -0.05) is 12.5 Å². The van der Waals surface area contributed by atoms with Crippen LogP contribution in [0, 0.1) is 18.6 Å². The van der Waals surface area contributed by atoms with Crippen molar-refractivity contribution in [3.8, 4) is 0 Å². The lowest BCUT2D eigenvalue weighted by atomic mass is 10.1. The van der Waals surface area contributed by atoms with E-state index < -0.39 is 40.1 Å². The van der Waals surface area contributed by atoms with E-state index in [4.69, 9.17) is 4.74 Å². The van der Waals surface area contributed by atoms with Gasteiger partial charge in [-0.25, -0.2) is 22.0 Å². The zero-order valence-corrected chi connectivity index (χ0v) is 18.5. The minimum absolute atomic E-state index is 0.000439. The number of rotatable bonds is 6. The molecule has 0 aliphatic carbocycles. The molecule has 2 aromatic rings. The molecule has 1 fully saturated rings. The van der Waals surface area contributed by atoms with E-state index in [2.05, 4.69) is 5.32 Å². The van der Waals surface area contributed by atoms with Crippen molar-refractivity contribution in [2.24, 2.45) is 0 Å². The number of ether oxygens (including phenoxy) is 1. The maximum absolute atomic E-state index is 13.6. The van der Waals surface area contributed by atoms with Crippen molar-refractivity contribution >= 4 is 27.6 Å². The summed E-state index contributed by atoms with van der Waals surface area (Å²) in [7, 11) is -3.80. The molecule has 3 rings (SSSR count). The van der Waals surface area contributed by atoms with Gasteiger partial charge in [0.25, 0.3) is 5.91 Å². The van der Waals surface area contributed by atoms with Gasteiger partial charge in [0.05, 0.1) is 16.1 Å². The maximum atomic E-state index is 13.6. The first kappa shape index (κ1) is 23.8. The summed E-state index contributed by atoms with van der Waals surface area (Å²) in [5, 5.41) is 2.12. The number of esters is 1. The van der Waals surface area contributed by atoms with Crippen LogP contribution in [0.4, 0.5) is 14.5 Å². The molecule has 1 N–H and O–H groups in total. The standard InChI is InChI=1S/C22H24F2N2O5S/c1-14-6-8-17(32(29,30)26-10-4-3-5-15(26)2)12-18(14)22(28)31-13-21(27)25-20-11-16(23)7-9-19(20)24/h6-9,11-12,15H,3-5,10,13H2,1-2H3,(H,25,27). The third kappa shape index (κ3) is 5.31. The molecular weight excluding hydrogens is 442 g/mol. The van der Waals surface area contributed by atoms with E-state index in [0.717, 1.165) is 37.5 Å². The molecule has 1 unspecified atom stereocenters. The molecule has 172 valence electrons. The Labute approximate surface area is 185 Å². The summed E-state index contributed by atoms with van der Waals surface area (Å²) in [6.07, 6.45) is 2.49. The van der Waals surface area contributed by atoms with Gasteiger partial charge in [0.1, 0.15) is 11.6 Å². The predicted molar refractivity (Wildman–Crippen MR) is 114 cm³/mol. The molecule has 1 atom stereocenters.